The normalized spacial score (nSPS) is 16.4. The highest BCUT2D eigenvalue weighted by atomic mass is 19.1. The van der Waals surface area contributed by atoms with Crippen LogP contribution in [0.3, 0.4) is 0 Å². The Labute approximate surface area is 107 Å². The van der Waals surface area contributed by atoms with E-state index in [1.807, 2.05) is 6.92 Å². The highest BCUT2D eigenvalue weighted by Gasteiger charge is 2.30. The van der Waals surface area contributed by atoms with Gasteiger partial charge in [0, 0.05) is 6.54 Å². The first-order chi connectivity index (χ1) is 8.63. The summed E-state index contributed by atoms with van der Waals surface area (Å²) < 4.78 is 13.7. The van der Waals surface area contributed by atoms with Gasteiger partial charge in [0.05, 0.1) is 11.7 Å². The average Bonchev–Trinajstić information content (AvgIpc) is 3.16. The van der Waals surface area contributed by atoms with Gasteiger partial charge in [0.25, 0.3) is 0 Å². The lowest BCUT2D eigenvalue weighted by Gasteiger charge is -2.24. The first kappa shape index (κ1) is 13.0. The van der Waals surface area contributed by atoms with Gasteiger partial charge < -0.3 is 10.6 Å². The molecule has 0 aliphatic heterocycles. The van der Waals surface area contributed by atoms with Crippen molar-refractivity contribution < 1.29 is 9.18 Å². The number of benzene rings is 1. The summed E-state index contributed by atoms with van der Waals surface area (Å²) in [6, 6.07) is 5.79. The topological polar surface area (TPSA) is 46.3 Å². The zero-order chi connectivity index (χ0) is 13.1. The fourth-order valence-electron chi connectivity index (χ4n) is 2.13. The largest absolute Gasteiger partial charge is 0.320 e. The van der Waals surface area contributed by atoms with Gasteiger partial charge >= 0.3 is 0 Å². The van der Waals surface area contributed by atoms with Crippen LogP contribution in [0.5, 0.6) is 0 Å². The third kappa shape index (κ3) is 2.88. The average molecular weight is 250 g/mol. The van der Waals surface area contributed by atoms with Crippen LogP contribution in [-0.2, 0) is 4.79 Å². The van der Waals surface area contributed by atoms with Crippen LogP contribution in [0.25, 0.3) is 0 Å². The van der Waals surface area contributed by atoms with Crippen LogP contribution in [0.2, 0.25) is 0 Å². The van der Waals surface area contributed by atoms with Crippen molar-refractivity contribution in [2.45, 2.75) is 32.2 Å². The molecule has 4 heteroatoms. The van der Waals surface area contributed by atoms with Gasteiger partial charge in [0.15, 0.2) is 0 Å². The van der Waals surface area contributed by atoms with Crippen LogP contribution >= 0.6 is 0 Å². The summed E-state index contributed by atoms with van der Waals surface area (Å²) in [7, 11) is 0. The summed E-state index contributed by atoms with van der Waals surface area (Å²) in [6.07, 6.45) is 3.03. The number of hydrogen-bond donors (Lipinski definition) is 1. The second-order valence-corrected chi connectivity index (χ2v) is 4.82. The minimum Gasteiger partial charge on any atom is -0.320 e. The first-order valence-electron chi connectivity index (χ1n) is 6.45. The van der Waals surface area contributed by atoms with Crippen molar-refractivity contribution in [3.8, 4) is 0 Å². The predicted molar refractivity (Wildman–Crippen MR) is 69.7 cm³/mol. The van der Waals surface area contributed by atoms with Crippen molar-refractivity contribution in [1.29, 1.82) is 0 Å². The van der Waals surface area contributed by atoms with Crippen molar-refractivity contribution in [3.63, 3.8) is 0 Å². The molecule has 0 bridgehead atoms. The van der Waals surface area contributed by atoms with E-state index in [0.717, 1.165) is 12.8 Å². The molecular formula is C14H19FN2O. The number of nitrogens with zero attached hydrogens (tertiary/aromatic N) is 1. The Morgan fingerprint density at radius 2 is 2.17 bits per heavy atom. The zero-order valence-electron chi connectivity index (χ0n) is 10.6. The lowest BCUT2D eigenvalue weighted by atomic mass is 10.1. The molecule has 1 saturated carbocycles. The van der Waals surface area contributed by atoms with Gasteiger partial charge in [-0.25, -0.2) is 4.39 Å². The number of carbonyl (C=O) groups excluding carboxylic acids is 1. The summed E-state index contributed by atoms with van der Waals surface area (Å²) in [5, 5.41) is 0. The summed E-state index contributed by atoms with van der Waals surface area (Å²) in [5.41, 5.74) is 6.22. The van der Waals surface area contributed by atoms with E-state index in [4.69, 9.17) is 5.73 Å². The van der Waals surface area contributed by atoms with Crippen LogP contribution in [-0.4, -0.2) is 18.5 Å². The van der Waals surface area contributed by atoms with Crippen molar-refractivity contribution in [2.24, 2.45) is 11.7 Å². The van der Waals surface area contributed by atoms with Crippen LogP contribution in [0, 0.1) is 11.7 Å². The standard InChI is InChI=1S/C14H19FN2O/c1-2-17(13-6-4-3-5-11(13)15)14(18)12(16)9-10-7-8-10/h3-6,10,12H,2,7-9,16H2,1H3/t12-/m0/s1. The Balaban J connectivity index is 2.12. The van der Waals surface area contributed by atoms with E-state index in [0.29, 0.717) is 24.6 Å². The molecule has 1 aliphatic carbocycles. The number of halogens is 1. The van der Waals surface area contributed by atoms with Crippen molar-refractivity contribution in [3.05, 3.63) is 30.1 Å². The van der Waals surface area contributed by atoms with E-state index >= 15 is 0 Å². The molecule has 1 aliphatic rings. The Bertz CT molecular complexity index is 432. The van der Waals surface area contributed by atoms with Gasteiger partial charge in [-0.2, -0.15) is 0 Å². The third-order valence-corrected chi connectivity index (χ3v) is 3.33. The molecule has 1 aromatic carbocycles. The molecule has 1 aromatic rings. The zero-order valence-corrected chi connectivity index (χ0v) is 10.6. The Kier molecular flexibility index (Phi) is 3.97. The van der Waals surface area contributed by atoms with E-state index in [-0.39, 0.29) is 11.7 Å². The maximum atomic E-state index is 13.7. The van der Waals surface area contributed by atoms with Gasteiger partial charge in [0.2, 0.25) is 5.91 Å². The molecule has 0 spiro atoms. The number of para-hydroxylation sites is 1. The highest BCUT2D eigenvalue weighted by molar-refractivity contribution is 5.97. The summed E-state index contributed by atoms with van der Waals surface area (Å²) in [6.45, 7) is 2.26. The Hall–Kier alpha value is -1.42. The molecule has 1 atom stereocenters. The minimum absolute atomic E-state index is 0.186. The minimum atomic E-state index is -0.517. The Morgan fingerprint density at radius 3 is 2.72 bits per heavy atom. The lowest BCUT2D eigenvalue weighted by molar-refractivity contribution is -0.120. The number of likely N-dealkylation sites (N-methyl/N-ethyl adjacent to an activating group) is 1. The van der Waals surface area contributed by atoms with Crippen LogP contribution < -0.4 is 10.6 Å². The molecule has 98 valence electrons. The van der Waals surface area contributed by atoms with Crippen LogP contribution in [0.15, 0.2) is 24.3 Å². The van der Waals surface area contributed by atoms with Gasteiger partial charge in [-0.05, 0) is 31.4 Å². The fourth-order valence-corrected chi connectivity index (χ4v) is 2.13. The monoisotopic (exact) mass is 250 g/mol. The molecule has 2 rings (SSSR count). The second-order valence-electron chi connectivity index (χ2n) is 4.82. The first-order valence-corrected chi connectivity index (χ1v) is 6.45. The molecule has 18 heavy (non-hydrogen) atoms. The lowest BCUT2D eigenvalue weighted by Crippen LogP contribution is -2.44. The maximum absolute atomic E-state index is 13.7. The van der Waals surface area contributed by atoms with Crippen molar-refractivity contribution >= 4 is 11.6 Å². The van der Waals surface area contributed by atoms with E-state index in [1.165, 1.54) is 11.0 Å². The fraction of sp³-hybridized carbons (Fsp3) is 0.500. The molecule has 0 aromatic heterocycles. The summed E-state index contributed by atoms with van der Waals surface area (Å²) in [5.74, 6) is 0.0177. The quantitative estimate of drug-likeness (QED) is 0.871. The van der Waals surface area contributed by atoms with E-state index < -0.39 is 6.04 Å². The molecule has 1 fully saturated rings. The van der Waals surface area contributed by atoms with Gasteiger partial charge in [0.1, 0.15) is 5.82 Å². The smallest absolute Gasteiger partial charge is 0.243 e. The number of hydrogen-bond acceptors (Lipinski definition) is 2. The SMILES string of the molecule is CCN(C(=O)[C@@H](N)CC1CC1)c1ccccc1F. The molecule has 0 unspecified atom stereocenters. The Morgan fingerprint density at radius 1 is 1.50 bits per heavy atom. The van der Waals surface area contributed by atoms with Gasteiger partial charge in [-0.15, -0.1) is 0 Å². The number of amides is 1. The van der Waals surface area contributed by atoms with Crippen molar-refractivity contribution in [1.82, 2.24) is 0 Å². The molecule has 2 N–H and O–H groups in total. The predicted octanol–water partition coefficient (Wildman–Crippen LogP) is 2.31. The van der Waals surface area contributed by atoms with Gasteiger partial charge in [-0.3, -0.25) is 4.79 Å². The molecule has 1 amide bonds. The number of rotatable bonds is 5. The van der Waals surface area contributed by atoms with Gasteiger partial charge in [-0.1, -0.05) is 25.0 Å². The second kappa shape index (κ2) is 5.48. The van der Waals surface area contributed by atoms with E-state index in [9.17, 15) is 9.18 Å². The number of anilines is 1. The van der Waals surface area contributed by atoms with E-state index in [1.54, 1.807) is 18.2 Å². The summed E-state index contributed by atoms with van der Waals surface area (Å²) in [4.78, 5) is 13.7. The number of carbonyl (C=O) groups is 1. The van der Waals surface area contributed by atoms with Crippen molar-refractivity contribution in [2.75, 3.05) is 11.4 Å². The maximum Gasteiger partial charge on any atom is 0.243 e. The number of nitrogens with two attached hydrogens (primary N) is 1. The molecule has 0 radical (unpaired) electrons. The van der Waals surface area contributed by atoms with Crippen LogP contribution in [0.4, 0.5) is 10.1 Å². The molecular weight excluding hydrogens is 231 g/mol. The molecule has 3 nitrogen and oxygen atoms in total. The third-order valence-electron chi connectivity index (χ3n) is 3.33. The van der Waals surface area contributed by atoms with Crippen LogP contribution in [0.1, 0.15) is 26.2 Å². The summed E-state index contributed by atoms with van der Waals surface area (Å²) >= 11 is 0. The highest BCUT2D eigenvalue weighted by Crippen LogP contribution is 2.33. The molecule has 0 saturated heterocycles. The van der Waals surface area contributed by atoms with E-state index in [2.05, 4.69) is 0 Å². The molecule has 0 heterocycles.